The molecule has 2 rings (SSSR count). The van der Waals surface area contributed by atoms with Crippen LogP contribution in [-0.2, 0) is 6.54 Å². The maximum atomic E-state index is 12.5. The maximum Gasteiger partial charge on any atom is 0.387 e. The quantitative estimate of drug-likeness (QED) is 0.846. The van der Waals surface area contributed by atoms with Gasteiger partial charge in [-0.25, -0.2) is 0 Å². The van der Waals surface area contributed by atoms with Gasteiger partial charge in [-0.3, -0.25) is 0 Å². The van der Waals surface area contributed by atoms with E-state index in [9.17, 15) is 13.9 Å². The Bertz CT molecular complexity index is 491. The summed E-state index contributed by atoms with van der Waals surface area (Å²) in [5.74, 6) is 1.88. The van der Waals surface area contributed by atoms with Gasteiger partial charge in [-0.2, -0.15) is 20.5 Å². The van der Waals surface area contributed by atoms with Crippen molar-refractivity contribution in [2.45, 2.75) is 39.0 Å². The Morgan fingerprint density at radius 3 is 2.71 bits per heavy atom. The largest absolute Gasteiger partial charge is 0.434 e. The van der Waals surface area contributed by atoms with E-state index < -0.39 is 12.2 Å². The van der Waals surface area contributed by atoms with Crippen molar-refractivity contribution in [3.63, 3.8) is 0 Å². The Morgan fingerprint density at radius 2 is 2.10 bits per heavy atom. The summed E-state index contributed by atoms with van der Waals surface area (Å²) in [5, 5.41) is 13.4. The summed E-state index contributed by atoms with van der Waals surface area (Å²) in [4.78, 5) is 0. The van der Waals surface area contributed by atoms with Crippen molar-refractivity contribution < 1.29 is 18.6 Å². The van der Waals surface area contributed by atoms with Crippen molar-refractivity contribution in [2.75, 3.05) is 18.1 Å². The highest BCUT2D eigenvalue weighted by molar-refractivity contribution is 7.99. The van der Waals surface area contributed by atoms with Crippen molar-refractivity contribution in [3.8, 4) is 5.75 Å². The molecule has 3 nitrogen and oxygen atoms in total. The van der Waals surface area contributed by atoms with Crippen LogP contribution in [0.3, 0.4) is 0 Å². The van der Waals surface area contributed by atoms with Crippen LogP contribution >= 0.6 is 11.8 Å². The van der Waals surface area contributed by atoms with Gasteiger partial charge >= 0.3 is 6.61 Å². The number of nitrogens with one attached hydrogen (secondary N) is 1. The zero-order valence-electron chi connectivity index (χ0n) is 12.3. The van der Waals surface area contributed by atoms with Crippen molar-refractivity contribution in [3.05, 3.63) is 28.8 Å². The number of benzene rings is 1. The highest BCUT2D eigenvalue weighted by atomic mass is 32.2. The molecule has 1 aliphatic rings. The predicted molar refractivity (Wildman–Crippen MR) is 81.1 cm³/mol. The van der Waals surface area contributed by atoms with Gasteiger partial charge in [0.15, 0.2) is 0 Å². The fourth-order valence-corrected chi connectivity index (χ4v) is 3.65. The lowest BCUT2D eigenvalue weighted by molar-refractivity contribution is -0.0505. The van der Waals surface area contributed by atoms with Crippen LogP contribution in [0.1, 0.15) is 23.1 Å². The van der Waals surface area contributed by atoms with Crippen LogP contribution in [0, 0.1) is 13.8 Å². The Hall–Kier alpha value is -0.850. The van der Waals surface area contributed by atoms with Gasteiger partial charge in [0, 0.05) is 24.4 Å². The minimum atomic E-state index is -2.83. The van der Waals surface area contributed by atoms with E-state index in [0.717, 1.165) is 23.3 Å². The molecular weight excluding hydrogens is 296 g/mol. The maximum absolute atomic E-state index is 12.5. The highest BCUT2D eigenvalue weighted by Gasteiger charge is 2.31. The van der Waals surface area contributed by atoms with Gasteiger partial charge in [0.25, 0.3) is 0 Å². The number of hydrogen-bond donors (Lipinski definition) is 2. The van der Waals surface area contributed by atoms with E-state index in [-0.39, 0.29) is 5.75 Å². The van der Waals surface area contributed by atoms with E-state index >= 15 is 0 Å². The van der Waals surface area contributed by atoms with Crippen LogP contribution in [0.4, 0.5) is 8.78 Å². The van der Waals surface area contributed by atoms with E-state index in [4.69, 9.17) is 0 Å². The smallest absolute Gasteiger partial charge is 0.387 e. The van der Waals surface area contributed by atoms with Crippen LogP contribution in [0.5, 0.6) is 5.75 Å². The Kier molecular flexibility index (Phi) is 5.46. The van der Waals surface area contributed by atoms with Gasteiger partial charge in [0.1, 0.15) is 5.75 Å². The van der Waals surface area contributed by atoms with Crippen molar-refractivity contribution in [1.82, 2.24) is 5.32 Å². The zero-order chi connectivity index (χ0) is 15.5. The van der Waals surface area contributed by atoms with Gasteiger partial charge in [-0.15, -0.1) is 0 Å². The Morgan fingerprint density at radius 1 is 1.38 bits per heavy atom. The Labute approximate surface area is 128 Å². The molecule has 1 heterocycles. The molecule has 1 fully saturated rings. The fraction of sp³-hybridized carbons (Fsp3) is 0.600. The number of aliphatic hydroxyl groups is 1. The zero-order valence-corrected chi connectivity index (χ0v) is 13.1. The first-order chi connectivity index (χ1) is 9.89. The normalized spacial score (nSPS) is 22.0. The van der Waals surface area contributed by atoms with Crippen molar-refractivity contribution >= 4 is 11.8 Å². The predicted octanol–water partition coefficient (Wildman–Crippen LogP) is 2.86. The minimum Gasteiger partial charge on any atom is -0.434 e. The molecule has 118 valence electrons. The molecule has 21 heavy (non-hydrogen) atoms. The lowest BCUT2D eigenvalue weighted by Crippen LogP contribution is -2.40. The monoisotopic (exact) mass is 317 g/mol. The van der Waals surface area contributed by atoms with Gasteiger partial charge in [-0.05, 0) is 43.2 Å². The lowest BCUT2D eigenvalue weighted by Gasteiger charge is -2.22. The second kappa shape index (κ2) is 6.94. The van der Waals surface area contributed by atoms with E-state index in [1.807, 2.05) is 19.9 Å². The second-order valence-corrected chi connectivity index (χ2v) is 6.66. The summed E-state index contributed by atoms with van der Waals surface area (Å²) in [7, 11) is 0. The molecule has 1 unspecified atom stereocenters. The van der Waals surface area contributed by atoms with Crippen LogP contribution < -0.4 is 10.1 Å². The molecule has 0 radical (unpaired) electrons. The standard InChI is InChI=1S/C15H21F2NO2S/c1-10-5-12(13(6-11(10)2)20-14(16)17)7-18-8-15(19)3-4-21-9-15/h5-6,14,18-19H,3-4,7-9H2,1-2H3. The molecule has 1 aliphatic heterocycles. The van der Waals surface area contributed by atoms with E-state index in [2.05, 4.69) is 10.1 Å². The third-order valence-electron chi connectivity index (χ3n) is 3.74. The molecule has 1 saturated heterocycles. The van der Waals surface area contributed by atoms with Crippen molar-refractivity contribution in [2.24, 2.45) is 0 Å². The van der Waals surface area contributed by atoms with Crippen molar-refractivity contribution in [1.29, 1.82) is 0 Å². The molecular formula is C15H21F2NO2S. The molecule has 2 N–H and O–H groups in total. The summed E-state index contributed by atoms with van der Waals surface area (Å²) < 4.78 is 29.5. The summed E-state index contributed by atoms with van der Waals surface area (Å²) in [6.45, 7) is 1.83. The van der Waals surface area contributed by atoms with Gasteiger partial charge < -0.3 is 15.2 Å². The van der Waals surface area contributed by atoms with Crippen LogP contribution in [0.15, 0.2) is 12.1 Å². The number of ether oxygens (including phenoxy) is 1. The molecule has 0 bridgehead atoms. The molecule has 1 aromatic rings. The van der Waals surface area contributed by atoms with Crippen LogP contribution in [0.25, 0.3) is 0 Å². The van der Waals surface area contributed by atoms with Crippen LogP contribution in [-0.4, -0.2) is 35.4 Å². The highest BCUT2D eigenvalue weighted by Crippen LogP contribution is 2.28. The molecule has 0 aromatic heterocycles. The molecule has 0 amide bonds. The molecule has 0 aliphatic carbocycles. The first-order valence-corrected chi connectivity index (χ1v) is 8.11. The van der Waals surface area contributed by atoms with Gasteiger partial charge in [0.2, 0.25) is 0 Å². The molecule has 1 atom stereocenters. The van der Waals surface area contributed by atoms with Gasteiger partial charge in [-0.1, -0.05) is 6.07 Å². The number of thioether (sulfide) groups is 1. The summed E-state index contributed by atoms with van der Waals surface area (Å²) >= 11 is 1.73. The first-order valence-electron chi connectivity index (χ1n) is 6.95. The molecule has 6 heteroatoms. The SMILES string of the molecule is Cc1cc(CNCC2(O)CCSC2)c(OC(F)F)cc1C. The minimum absolute atomic E-state index is 0.202. The van der Waals surface area contributed by atoms with Gasteiger partial charge in [0.05, 0.1) is 5.60 Å². The van der Waals surface area contributed by atoms with E-state index in [1.165, 1.54) is 0 Å². The van der Waals surface area contributed by atoms with Crippen LogP contribution in [0.2, 0.25) is 0 Å². The topological polar surface area (TPSA) is 41.5 Å². The third kappa shape index (κ3) is 4.56. The third-order valence-corrected chi connectivity index (χ3v) is 4.98. The average molecular weight is 317 g/mol. The molecule has 0 spiro atoms. The summed E-state index contributed by atoms with van der Waals surface area (Å²) in [6.07, 6.45) is 0.762. The Balaban J connectivity index is 2.02. The number of aryl methyl sites for hydroxylation is 2. The van der Waals surface area contributed by atoms with E-state index in [1.54, 1.807) is 17.8 Å². The number of halogens is 2. The molecule has 1 aromatic carbocycles. The average Bonchev–Trinajstić information content (AvgIpc) is 2.81. The number of alkyl halides is 2. The molecule has 0 saturated carbocycles. The summed E-state index contributed by atoms with van der Waals surface area (Å²) in [6, 6.07) is 3.49. The van der Waals surface area contributed by atoms with E-state index in [0.29, 0.717) is 24.4 Å². The summed E-state index contributed by atoms with van der Waals surface area (Å²) in [5.41, 5.74) is 1.95. The number of rotatable bonds is 6. The lowest BCUT2D eigenvalue weighted by atomic mass is 10.0. The fourth-order valence-electron chi connectivity index (χ4n) is 2.36. The first kappa shape index (κ1) is 16.5. The number of hydrogen-bond acceptors (Lipinski definition) is 4. The second-order valence-electron chi connectivity index (χ2n) is 5.55.